The van der Waals surface area contributed by atoms with Crippen LogP contribution in [0, 0.1) is 13.8 Å². The van der Waals surface area contributed by atoms with Crippen molar-refractivity contribution in [2.45, 2.75) is 19.7 Å². The van der Waals surface area contributed by atoms with Crippen molar-refractivity contribution in [2.24, 2.45) is 0 Å². The van der Waals surface area contributed by atoms with E-state index in [1.54, 1.807) is 12.4 Å². The van der Waals surface area contributed by atoms with Gasteiger partial charge < -0.3 is 4.74 Å². The lowest BCUT2D eigenvalue weighted by Gasteiger charge is -2.08. The first-order valence-corrected chi connectivity index (χ1v) is 5.85. The SMILES string of the molecule is Cc1cccc(Oc2ncc(CCl)cn2)c1C. The van der Waals surface area contributed by atoms with Gasteiger partial charge in [-0.3, -0.25) is 0 Å². The van der Waals surface area contributed by atoms with E-state index in [0.29, 0.717) is 11.9 Å². The van der Waals surface area contributed by atoms with Crippen LogP contribution in [0.2, 0.25) is 0 Å². The van der Waals surface area contributed by atoms with Crippen LogP contribution in [0.5, 0.6) is 11.8 Å². The van der Waals surface area contributed by atoms with E-state index in [9.17, 15) is 0 Å². The molecule has 2 rings (SSSR count). The first-order chi connectivity index (χ1) is 8.20. The fraction of sp³-hybridized carbons (Fsp3) is 0.231. The number of aromatic nitrogens is 2. The molecule has 0 bridgehead atoms. The van der Waals surface area contributed by atoms with Gasteiger partial charge in [0.25, 0.3) is 0 Å². The predicted molar refractivity (Wildman–Crippen MR) is 67.6 cm³/mol. The molecule has 0 N–H and O–H groups in total. The van der Waals surface area contributed by atoms with Crippen molar-refractivity contribution in [3.63, 3.8) is 0 Å². The van der Waals surface area contributed by atoms with Gasteiger partial charge in [0, 0.05) is 18.0 Å². The quantitative estimate of drug-likeness (QED) is 0.778. The minimum atomic E-state index is 0.340. The van der Waals surface area contributed by atoms with E-state index in [2.05, 4.69) is 9.97 Å². The molecule has 0 radical (unpaired) electrons. The fourth-order valence-corrected chi connectivity index (χ4v) is 1.54. The summed E-state index contributed by atoms with van der Waals surface area (Å²) in [5, 5.41) is 0. The maximum absolute atomic E-state index is 5.66. The van der Waals surface area contributed by atoms with Crippen LogP contribution in [-0.4, -0.2) is 9.97 Å². The zero-order valence-electron chi connectivity index (χ0n) is 9.77. The molecule has 0 saturated heterocycles. The summed E-state index contributed by atoms with van der Waals surface area (Å²) in [6, 6.07) is 6.23. The second kappa shape index (κ2) is 5.15. The minimum Gasteiger partial charge on any atom is -0.424 e. The average Bonchev–Trinajstić information content (AvgIpc) is 2.36. The van der Waals surface area contributed by atoms with Crippen LogP contribution >= 0.6 is 11.6 Å². The number of hydrogen-bond donors (Lipinski definition) is 0. The molecule has 1 aromatic heterocycles. The molecule has 0 aliphatic rings. The smallest absolute Gasteiger partial charge is 0.321 e. The van der Waals surface area contributed by atoms with Gasteiger partial charge in [0.1, 0.15) is 5.75 Å². The minimum absolute atomic E-state index is 0.340. The molecule has 0 aliphatic heterocycles. The van der Waals surface area contributed by atoms with Crippen LogP contribution in [0.4, 0.5) is 0 Å². The molecule has 0 atom stereocenters. The number of rotatable bonds is 3. The van der Waals surface area contributed by atoms with E-state index >= 15 is 0 Å². The lowest BCUT2D eigenvalue weighted by Crippen LogP contribution is -1.95. The maximum Gasteiger partial charge on any atom is 0.321 e. The number of nitrogens with zero attached hydrogens (tertiary/aromatic N) is 2. The molecule has 2 aromatic rings. The standard InChI is InChI=1S/C13H13ClN2O/c1-9-4-3-5-12(10(9)2)17-13-15-7-11(6-14)8-16-13/h3-5,7-8H,6H2,1-2H3. The second-order valence-electron chi connectivity index (χ2n) is 3.81. The van der Waals surface area contributed by atoms with Crippen molar-refractivity contribution in [3.05, 3.63) is 47.3 Å². The van der Waals surface area contributed by atoms with E-state index in [4.69, 9.17) is 16.3 Å². The first kappa shape index (κ1) is 11.9. The van der Waals surface area contributed by atoms with Gasteiger partial charge in [-0.25, -0.2) is 9.97 Å². The van der Waals surface area contributed by atoms with Crippen LogP contribution in [-0.2, 0) is 5.88 Å². The number of alkyl halides is 1. The normalized spacial score (nSPS) is 10.3. The third-order valence-corrected chi connectivity index (χ3v) is 2.90. The third kappa shape index (κ3) is 2.74. The lowest BCUT2D eigenvalue weighted by molar-refractivity contribution is 0.437. The van der Waals surface area contributed by atoms with Crippen LogP contribution in [0.3, 0.4) is 0 Å². The Balaban J connectivity index is 2.22. The van der Waals surface area contributed by atoms with Crippen molar-refractivity contribution in [1.82, 2.24) is 9.97 Å². The van der Waals surface area contributed by atoms with Gasteiger partial charge >= 0.3 is 6.01 Å². The third-order valence-electron chi connectivity index (χ3n) is 2.59. The van der Waals surface area contributed by atoms with Crippen LogP contribution in [0.1, 0.15) is 16.7 Å². The highest BCUT2D eigenvalue weighted by Crippen LogP contribution is 2.24. The topological polar surface area (TPSA) is 35.0 Å². The highest BCUT2D eigenvalue weighted by atomic mass is 35.5. The van der Waals surface area contributed by atoms with E-state index in [-0.39, 0.29) is 0 Å². The van der Waals surface area contributed by atoms with Gasteiger partial charge in [-0.05, 0) is 31.0 Å². The largest absolute Gasteiger partial charge is 0.424 e. The number of aryl methyl sites for hydroxylation is 1. The van der Waals surface area contributed by atoms with Crippen LogP contribution in [0.25, 0.3) is 0 Å². The Labute approximate surface area is 105 Å². The summed E-state index contributed by atoms with van der Waals surface area (Å²) in [5.41, 5.74) is 3.15. The summed E-state index contributed by atoms with van der Waals surface area (Å²) >= 11 is 5.66. The number of ether oxygens (including phenoxy) is 1. The van der Waals surface area contributed by atoms with Gasteiger partial charge in [0.2, 0.25) is 0 Å². The van der Waals surface area contributed by atoms with Gasteiger partial charge in [-0.1, -0.05) is 12.1 Å². The highest BCUT2D eigenvalue weighted by Gasteiger charge is 2.05. The Morgan fingerprint density at radius 3 is 2.53 bits per heavy atom. The molecule has 0 fully saturated rings. The van der Waals surface area contributed by atoms with Crippen molar-refractivity contribution < 1.29 is 4.74 Å². The van der Waals surface area contributed by atoms with E-state index in [1.807, 2.05) is 32.0 Å². The number of benzene rings is 1. The molecule has 1 heterocycles. The predicted octanol–water partition coefficient (Wildman–Crippen LogP) is 3.62. The van der Waals surface area contributed by atoms with Crippen molar-refractivity contribution in [2.75, 3.05) is 0 Å². The maximum atomic E-state index is 5.66. The molecule has 17 heavy (non-hydrogen) atoms. The highest BCUT2D eigenvalue weighted by molar-refractivity contribution is 6.17. The summed E-state index contributed by atoms with van der Waals surface area (Å²) in [6.45, 7) is 4.05. The van der Waals surface area contributed by atoms with Gasteiger partial charge in [0.15, 0.2) is 0 Å². The zero-order chi connectivity index (χ0) is 12.3. The van der Waals surface area contributed by atoms with Crippen molar-refractivity contribution in [1.29, 1.82) is 0 Å². The molecule has 0 saturated carbocycles. The first-order valence-electron chi connectivity index (χ1n) is 5.31. The van der Waals surface area contributed by atoms with Crippen molar-refractivity contribution >= 4 is 11.6 Å². The van der Waals surface area contributed by atoms with Crippen molar-refractivity contribution in [3.8, 4) is 11.8 Å². The lowest BCUT2D eigenvalue weighted by atomic mass is 10.1. The molecular formula is C13H13ClN2O. The Bertz CT molecular complexity index is 511. The van der Waals surface area contributed by atoms with Crippen LogP contribution < -0.4 is 4.74 Å². The second-order valence-corrected chi connectivity index (χ2v) is 4.07. The van der Waals surface area contributed by atoms with Crippen LogP contribution in [0.15, 0.2) is 30.6 Å². The fourth-order valence-electron chi connectivity index (χ4n) is 1.40. The van der Waals surface area contributed by atoms with Gasteiger partial charge in [0.05, 0.1) is 5.88 Å². The summed E-state index contributed by atoms with van der Waals surface area (Å²) in [4.78, 5) is 8.20. The van der Waals surface area contributed by atoms with E-state index in [1.165, 1.54) is 5.56 Å². The summed E-state index contributed by atoms with van der Waals surface area (Å²) in [7, 11) is 0. The van der Waals surface area contributed by atoms with Gasteiger partial charge in [-0.2, -0.15) is 0 Å². The van der Waals surface area contributed by atoms with E-state index < -0.39 is 0 Å². The molecule has 0 unspecified atom stereocenters. The molecule has 0 spiro atoms. The Kier molecular flexibility index (Phi) is 3.59. The molecule has 4 heteroatoms. The Hall–Kier alpha value is -1.61. The number of halogens is 1. The Morgan fingerprint density at radius 1 is 1.18 bits per heavy atom. The summed E-state index contributed by atoms with van der Waals surface area (Å²) in [6.07, 6.45) is 3.33. The summed E-state index contributed by atoms with van der Waals surface area (Å²) in [5.74, 6) is 1.19. The molecular weight excluding hydrogens is 236 g/mol. The molecule has 0 aliphatic carbocycles. The van der Waals surface area contributed by atoms with E-state index in [0.717, 1.165) is 16.9 Å². The monoisotopic (exact) mass is 248 g/mol. The number of hydrogen-bond acceptors (Lipinski definition) is 3. The summed E-state index contributed by atoms with van der Waals surface area (Å²) < 4.78 is 5.62. The van der Waals surface area contributed by atoms with Gasteiger partial charge in [-0.15, -0.1) is 11.6 Å². The molecule has 3 nitrogen and oxygen atoms in total. The zero-order valence-corrected chi connectivity index (χ0v) is 10.5. The molecule has 1 aromatic carbocycles. The average molecular weight is 249 g/mol. The molecule has 88 valence electrons. The molecule has 0 amide bonds. The Morgan fingerprint density at radius 2 is 1.88 bits per heavy atom.